The Morgan fingerprint density at radius 2 is 1.78 bits per heavy atom. The number of nitrogens with one attached hydrogen (secondary N) is 1. The van der Waals surface area contributed by atoms with Gasteiger partial charge in [-0.1, -0.05) is 43.7 Å². The summed E-state index contributed by atoms with van der Waals surface area (Å²) in [6.07, 6.45) is 2.30. The van der Waals surface area contributed by atoms with Gasteiger partial charge in [0.15, 0.2) is 11.5 Å². The Labute approximate surface area is 213 Å². The van der Waals surface area contributed by atoms with E-state index >= 15 is 0 Å². The highest BCUT2D eigenvalue weighted by Crippen LogP contribution is 2.36. The Hall–Kier alpha value is -3.27. The summed E-state index contributed by atoms with van der Waals surface area (Å²) in [4.78, 5) is 27.9. The molecule has 196 valence electrons. The first-order valence-corrected chi connectivity index (χ1v) is 13.9. The highest BCUT2D eigenvalue weighted by atomic mass is 32.2. The number of hydrogen-bond acceptors (Lipinski definition) is 6. The van der Waals surface area contributed by atoms with Crippen LogP contribution in [-0.2, 0) is 26.0 Å². The summed E-state index contributed by atoms with van der Waals surface area (Å²) in [5.41, 5.74) is 1.32. The number of benzene rings is 2. The summed E-state index contributed by atoms with van der Waals surface area (Å²) in [5.74, 6) is 0.0180. The van der Waals surface area contributed by atoms with Crippen molar-refractivity contribution in [1.82, 2.24) is 10.2 Å². The average molecular weight is 518 g/mol. The van der Waals surface area contributed by atoms with Gasteiger partial charge in [0.05, 0.1) is 11.4 Å². The first-order valence-electron chi connectivity index (χ1n) is 12.3. The minimum atomic E-state index is -3.80. The Balaban J connectivity index is 1.85. The number of hydrogen-bond donors (Lipinski definition) is 1. The van der Waals surface area contributed by atoms with E-state index < -0.39 is 28.5 Å². The molecule has 10 heteroatoms. The highest BCUT2D eigenvalue weighted by molar-refractivity contribution is 7.92. The van der Waals surface area contributed by atoms with Crippen molar-refractivity contribution < 1.29 is 27.5 Å². The number of anilines is 1. The van der Waals surface area contributed by atoms with E-state index in [0.29, 0.717) is 30.2 Å². The summed E-state index contributed by atoms with van der Waals surface area (Å²) in [6, 6.07) is 13.6. The zero-order valence-electron chi connectivity index (χ0n) is 21.1. The minimum absolute atomic E-state index is 0.0518. The Bertz CT molecular complexity index is 1140. The molecule has 1 atom stereocenters. The molecule has 0 spiro atoms. The number of rotatable bonds is 13. The SMILES string of the molecule is CCCCNC(=O)[C@@H](C)N(CCc1ccccc1)C(=O)CN(c1ccc2c(c1)OCO2)S(=O)(=O)CC. The smallest absolute Gasteiger partial charge is 0.244 e. The molecule has 2 amide bonds. The number of nitrogens with zero attached hydrogens (tertiary/aromatic N) is 2. The van der Waals surface area contributed by atoms with E-state index in [1.54, 1.807) is 25.1 Å². The van der Waals surface area contributed by atoms with Crippen molar-refractivity contribution in [2.75, 3.05) is 36.5 Å². The third-order valence-corrected chi connectivity index (χ3v) is 7.85. The molecule has 0 radical (unpaired) electrons. The molecular formula is C26H35N3O6S. The fraction of sp³-hybridized carbons (Fsp3) is 0.462. The van der Waals surface area contributed by atoms with Gasteiger partial charge in [0.2, 0.25) is 28.6 Å². The fourth-order valence-electron chi connectivity index (χ4n) is 3.87. The van der Waals surface area contributed by atoms with E-state index in [-0.39, 0.29) is 25.0 Å². The van der Waals surface area contributed by atoms with Crippen LogP contribution in [0.15, 0.2) is 48.5 Å². The second-order valence-electron chi connectivity index (χ2n) is 8.59. The van der Waals surface area contributed by atoms with Gasteiger partial charge < -0.3 is 19.7 Å². The lowest BCUT2D eigenvalue weighted by molar-refractivity contribution is -0.138. The van der Waals surface area contributed by atoms with Gasteiger partial charge in [-0.25, -0.2) is 8.42 Å². The molecule has 0 bridgehead atoms. The standard InChI is InChI=1S/C26H35N3O6S/c1-4-6-15-27-26(31)20(3)28(16-14-21-10-8-7-9-11-21)25(30)18-29(36(32,33)5-2)22-12-13-23-24(17-22)35-19-34-23/h7-13,17,20H,4-6,14-16,18-19H2,1-3H3,(H,27,31)/t20-/m1/s1. The molecule has 3 rings (SSSR count). The van der Waals surface area contributed by atoms with E-state index in [4.69, 9.17) is 9.47 Å². The predicted octanol–water partition coefficient (Wildman–Crippen LogP) is 2.95. The zero-order valence-corrected chi connectivity index (χ0v) is 21.9. The van der Waals surface area contributed by atoms with Crippen LogP contribution in [0.4, 0.5) is 5.69 Å². The van der Waals surface area contributed by atoms with Crippen LogP contribution < -0.4 is 19.1 Å². The predicted molar refractivity (Wildman–Crippen MR) is 139 cm³/mol. The van der Waals surface area contributed by atoms with E-state index in [2.05, 4.69) is 5.32 Å². The largest absolute Gasteiger partial charge is 0.454 e. The number of amides is 2. The molecule has 36 heavy (non-hydrogen) atoms. The molecule has 0 aliphatic carbocycles. The van der Waals surface area contributed by atoms with Crippen molar-refractivity contribution >= 4 is 27.5 Å². The first-order chi connectivity index (χ1) is 17.3. The monoisotopic (exact) mass is 517 g/mol. The third kappa shape index (κ3) is 6.90. The Morgan fingerprint density at radius 1 is 1.06 bits per heavy atom. The second kappa shape index (κ2) is 12.6. The summed E-state index contributed by atoms with van der Waals surface area (Å²) in [6.45, 7) is 5.64. The summed E-state index contributed by atoms with van der Waals surface area (Å²) < 4.78 is 37.8. The van der Waals surface area contributed by atoms with Crippen LogP contribution in [0.5, 0.6) is 11.5 Å². The van der Waals surface area contributed by atoms with Crippen LogP contribution in [0.2, 0.25) is 0 Å². The van der Waals surface area contributed by atoms with Crippen molar-refractivity contribution in [2.45, 2.75) is 46.1 Å². The van der Waals surface area contributed by atoms with Gasteiger partial charge in [-0.2, -0.15) is 0 Å². The maximum atomic E-state index is 13.6. The summed E-state index contributed by atoms with van der Waals surface area (Å²) in [7, 11) is -3.80. The molecular weight excluding hydrogens is 482 g/mol. The van der Waals surface area contributed by atoms with Crippen molar-refractivity contribution in [3.05, 3.63) is 54.1 Å². The lowest BCUT2D eigenvalue weighted by Crippen LogP contribution is -2.52. The topological polar surface area (TPSA) is 105 Å². The van der Waals surface area contributed by atoms with Crippen LogP contribution in [0.3, 0.4) is 0 Å². The molecule has 1 N–H and O–H groups in total. The summed E-state index contributed by atoms with van der Waals surface area (Å²) >= 11 is 0. The lowest BCUT2D eigenvalue weighted by Gasteiger charge is -2.32. The Morgan fingerprint density at radius 3 is 2.47 bits per heavy atom. The van der Waals surface area contributed by atoms with E-state index in [1.807, 2.05) is 37.3 Å². The van der Waals surface area contributed by atoms with Crippen LogP contribution in [0, 0.1) is 0 Å². The molecule has 1 aliphatic heterocycles. The lowest BCUT2D eigenvalue weighted by atomic mass is 10.1. The second-order valence-corrected chi connectivity index (χ2v) is 10.8. The molecule has 9 nitrogen and oxygen atoms in total. The van der Waals surface area contributed by atoms with Gasteiger partial charge in [-0.3, -0.25) is 13.9 Å². The third-order valence-electron chi connectivity index (χ3n) is 6.10. The molecule has 0 saturated heterocycles. The van der Waals surface area contributed by atoms with Crippen LogP contribution >= 0.6 is 0 Å². The van der Waals surface area contributed by atoms with Gasteiger partial charge in [0, 0.05) is 19.2 Å². The van der Waals surface area contributed by atoms with E-state index in [9.17, 15) is 18.0 Å². The molecule has 0 aromatic heterocycles. The van der Waals surface area contributed by atoms with Crippen molar-refractivity contribution in [3.63, 3.8) is 0 Å². The Kier molecular flexibility index (Phi) is 9.58. The van der Waals surface area contributed by atoms with E-state index in [0.717, 1.165) is 22.7 Å². The van der Waals surface area contributed by atoms with Crippen LogP contribution in [0.25, 0.3) is 0 Å². The number of unbranched alkanes of at least 4 members (excludes halogenated alkanes) is 1. The number of carbonyl (C=O) groups is 2. The molecule has 0 fully saturated rings. The van der Waals surface area contributed by atoms with Crippen LogP contribution in [0.1, 0.15) is 39.2 Å². The number of fused-ring (bicyclic) bond motifs is 1. The molecule has 2 aromatic carbocycles. The molecule has 1 heterocycles. The van der Waals surface area contributed by atoms with Crippen molar-refractivity contribution in [2.24, 2.45) is 0 Å². The minimum Gasteiger partial charge on any atom is -0.454 e. The van der Waals surface area contributed by atoms with Crippen molar-refractivity contribution in [1.29, 1.82) is 0 Å². The number of carbonyl (C=O) groups excluding carboxylic acids is 2. The van der Waals surface area contributed by atoms with Crippen molar-refractivity contribution in [3.8, 4) is 11.5 Å². The average Bonchev–Trinajstić information content (AvgIpc) is 3.35. The van der Waals surface area contributed by atoms with Gasteiger partial charge in [-0.15, -0.1) is 0 Å². The fourth-order valence-corrected chi connectivity index (χ4v) is 4.92. The molecule has 2 aromatic rings. The zero-order chi connectivity index (χ0) is 26.1. The quantitative estimate of drug-likeness (QED) is 0.410. The number of ether oxygens (including phenoxy) is 2. The normalized spacial score (nSPS) is 13.2. The summed E-state index contributed by atoms with van der Waals surface area (Å²) in [5, 5.41) is 2.88. The van der Waals surface area contributed by atoms with Gasteiger partial charge in [0.1, 0.15) is 12.6 Å². The van der Waals surface area contributed by atoms with E-state index in [1.165, 1.54) is 11.8 Å². The van der Waals surface area contributed by atoms with Gasteiger partial charge in [-0.05, 0) is 44.4 Å². The molecule has 0 unspecified atom stereocenters. The first kappa shape index (κ1) is 27.3. The maximum Gasteiger partial charge on any atom is 0.244 e. The van der Waals surface area contributed by atoms with Crippen LogP contribution in [-0.4, -0.2) is 63.4 Å². The highest BCUT2D eigenvalue weighted by Gasteiger charge is 2.31. The van der Waals surface area contributed by atoms with Gasteiger partial charge in [0.25, 0.3) is 0 Å². The molecule has 0 saturated carbocycles. The van der Waals surface area contributed by atoms with Gasteiger partial charge >= 0.3 is 0 Å². The maximum absolute atomic E-state index is 13.6. The number of sulfonamides is 1. The molecule has 1 aliphatic rings.